The minimum atomic E-state index is -2.33. The van der Waals surface area contributed by atoms with Gasteiger partial charge in [-0.2, -0.15) is 0 Å². The van der Waals surface area contributed by atoms with Gasteiger partial charge >= 0.3 is 8.56 Å². The van der Waals surface area contributed by atoms with E-state index in [0.717, 1.165) is 25.7 Å². The largest absolute Gasteiger partial charge is 0.394 e. The number of rotatable bonds is 6. The maximum absolute atomic E-state index is 5.87. The summed E-state index contributed by atoms with van der Waals surface area (Å²) in [5.74, 6) is 0. The second-order valence-electron chi connectivity index (χ2n) is 5.05. The second-order valence-corrected chi connectivity index (χ2v) is 8.30. The molecule has 18 heavy (non-hydrogen) atoms. The van der Waals surface area contributed by atoms with Crippen molar-refractivity contribution in [2.24, 2.45) is 5.41 Å². The molecule has 0 N–H and O–H groups in total. The van der Waals surface area contributed by atoms with Crippen LogP contribution in [0.5, 0.6) is 0 Å². The molecule has 0 spiro atoms. The number of ether oxygens (including phenoxy) is 1. The number of benzene rings is 1. The van der Waals surface area contributed by atoms with E-state index in [-0.39, 0.29) is 5.41 Å². The lowest BCUT2D eigenvalue weighted by Crippen LogP contribution is -2.59. The molecule has 1 heterocycles. The van der Waals surface area contributed by atoms with E-state index in [1.54, 1.807) is 14.2 Å². The molecule has 0 aromatic heterocycles. The minimum absolute atomic E-state index is 0.244. The Morgan fingerprint density at radius 2 is 1.78 bits per heavy atom. The highest BCUT2D eigenvalue weighted by Gasteiger charge is 2.49. The van der Waals surface area contributed by atoms with Gasteiger partial charge in [-0.3, -0.25) is 0 Å². The molecule has 1 saturated heterocycles. The van der Waals surface area contributed by atoms with Crippen molar-refractivity contribution in [3.05, 3.63) is 30.3 Å². The highest BCUT2D eigenvalue weighted by Crippen LogP contribution is 2.39. The van der Waals surface area contributed by atoms with E-state index in [1.807, 2.05) is 18.2 Å². The Morgan fingerprint density at radius 1 is 1.17 bits per heavy atom. The van der Waals surface area contributed by atoms with Gasteiger partial charge in [0.25, 0.3) is 0 Å². The van der Waals surface area contributed by atoms with Crippen LogP contribution in [0.4, 0.5) is 0 Å². The predicted molar refractivity (Wildman–Crippen MR) is 74.2 cm³/mol. The van der Waals surface area contributed by atoms with Gasteiger partial charge in [-0.15, -0.1) is 0 Å². The molecule has 1 aromatic rings. The third kappa shape index (κ3) is 2.38. The average Bonchev–Trinajstić information content (AvgIpc) is 2.40. The minimum Gasteiger partial charge on any atom is -0.394 e. The van der Waals surface area contributed by atoms with Crippen LogP contribution in [0.1, 0.15) is 13.3 Å². The lowest BCUT2D eigenvalue weighted by Gasteiger charge is -2.45. The molecule has 3 nitrogen and oxygen atoms in total. The summed E-state index contributed by atoms with van der Waals surface area (Å²) in [6.07, 6.45) is 1.11. The van der Waals surface area contributed by atoms with Gasteiger partial charge in [-0.25, -0.2) is 0 Å². The zero-order chi connectivity index (χ0) is 13.1. The lowest BCUT2D eigenvalue weighted by molar-refractivity contribution is -0.106. The first kappa shape index (κ1) is 13.7. The summed E-state index contributed by atoms with van der Waals surface area (Å²) in [7, 11) is 1.21. The first-order valence-corrected chi connectivity index (χ1v) is 8.46. The summed E-state index contributed by atoms with van der Waals surface area (Å²) in [4.78, 5) is 0. The lowest BCUT2D eigenvalue weighted by atomic mass is 9.85. The SMILES string of the molecule is CCC1(C[Si](OC)(OC)c2ccccc2)COC1. The van der Waals surface area contributed by atoms with Gasteiger partial charge in [0.1, 0.15) is 0 Å². The fraction of sp³-hybridized carbons (Fsp3) is 0.571. The average molecular weight is 266 g/mol. The van der Waals surface area contributed by atoms with Crippen LogP contribution in [0.2, 0.25) is 6.04 Å². The third-order valence-corrected chi connectivity index (χ3v) is 7.79. The summed E-state index contributed by atoms with van der Waals surface area (Å²) in [5.41, 5.74) is 0.244. The van der Waals surface area contributed by atoms with Crippen molar-refractivity contribution in [2.45, 2.75) is 19.4 Å². The van der Waals surface area contributed by atoms with Crippen molar-refractivity contribution in [1.82, 2.24) is 0 Å². The van der Waals surface area contributed by atoms with Crippen LogP contribution in [0, 0.1) is 5.41 Å². The molecule has 100 valence electrons. The molecule has 1 aliphatic rings. The Morgan fingerprint density at radius 3 is 2.17 bits per heavy atom. The van der Waals surface area contributed by atoms with Crippen LogP contribution >= 0.6 is 0 Å². The smallest absolute Gasteiger partial charge is 0.372 e. The zero-order valence-electron chi connectivity index (χ0n) is 11.4. The van der Waals surface area contributed by atoms with Crippen molar-refractivity contribution < 1.29 is 13.6 Å². The van der Waals surface area contributed by atoms with Crippen molar-refractivity contribution >= 4 is 13.7 Å². The van der Waals surface area contributed by atoms with Crippen LogP contribution in [-0.4, -0.2) is 36.0 Å². The van der Waals surface area contributed by atoms with E-state index in [4.69, 9.17) is 13.6 Å². The standard InChI is InChI=1S/C14H22O3Si/c1-4-14(10-17-11-14)12-18(15-2,16-3)13-8-6-5-7-9-13/h5-9H,4,10-12H2,1-3H3. The maximum atomic E-state index is 5.87. The Bertz CT molecular complexity index is 366. The molecular formula is C14H22O3Si. The second kappa shape index (κ2) is 5.53. The summed E-state index contributed by atoms with van der Waals surface area (Å²) < 4.78 is 17.1. The van der Waals surface area contributed by atoms with Gasteiger partial charge in [0, 0.05) is 25.7 Å². The highest BCUT2D eigenvalue weighted by atomic mass is 28.4. The third-order valence-electron chi connectivity index (χ3n) is 4.05. The molecule has 0 bridgehead atoms. The fourth-order valence-corrected chi connectivity index (χ4v) is 5.85. The van der Waals surface area contributed by atoms with E-state index in [1.165, 1.54) is 5.19 Å². The Labute approximate surface area is 110 Å². The Hall–Kier alpha value is -0.683. The molecule has 0 saturated carbocycles. The van der Waals surface area contributed by atoms with E-state index >= 15 is 0 Å². The van der Waals surface area contributed by atoms with Crippen LogP contribution in [0.15, 0.2) is 30.3 Å². The van der Waals surface area contributed by atoms with Crippen LogP contribution in [0.25, 0.3) is 0 Å². The van der Waals surface area contributed by atoms with Crippen molar-refractivity contribution in [3.8, 4) is 0 Å². The van der Waals surface area contributed by atoms with E-state index in [0.29, 0.717) is 0 Å². The van der Waals surface area contributed by atoms with Gasteiger partial charge in [-0.05, 0) is 11.6 Å². The first-order valence-electron chi connectivity index (χ1n) is 6.44. The molecule has 0 amide bonds. The predicted octanol–water partition coefficient (Wildman–Crippen LogP) is 2.06. The van der Waals surface area contributed by atoms with Crippen LogP contribution in [-0.2, 0) is 13.6 Å². The molecule has 2 rings (SSSR count). The molecule has 0 unspecified atom stereocenters. The van der Waals surface area contributed by atoms with Gasteiger partial charge in [0.15, 0.2) is 0 Å². The first-order chi connectivity index (χ1) is 8.70. The Kier molecular flexibility index (Phi) is 4.22. The maximum Gasteiger partial charge on any atom is 0.372 e. The topological polar surface area (TPSA) is 27.7 Å². The summed E-state index contributed by atoms with van der Waals surface area (Å²) in [6, 6.07) is 11.3. The summed E-state index contributed by atoms with van der Waals surface area (Å²) >= 11 is 0. The zero-order valence-corrected chi connectivity index (χ0v) is 12.4. The van der Waals surface area contributed by atoms with E-state index < -0.39 is 8.56 Å². The Balaban J connectivity index is 2.27. The highest BCUT2D eigenvalue weighted by molar-refractivity contribution is 6.81. The monoisotopic (exact) mass is 266 g/mol. The van der Waals surface area contributed by atoms with Gasteiger partial charge in [0.2, 0.25) is 0 Å². The quantitative estimate of drug-likeness (QED) is 0.738. The molecule has 0 radical (unpaired) electrons. The summed E-state index contributed by atoms with van der Waals surface area (Å²) in [6.45, 7) is 3.88. The molecule has 4 heteroatoms. The van der Waals surface area contributed by atoms with Gasteiger partial charge < -0.3 is 13.6 Å². The molecular weight excluding hydrogens is 244 g/mol. The van der Waals surface area contributed by atoms with Crippen LogP contribution < -0.4 is 5.19 Å². The molecule has 1 fully saturated rings. The van der Waals surface area contributed by atoms with Crippen molar-refractivity contribution in [1.29, 1.82) is 0 Å². The fourth-order valence-electron chi connectivity index (χ4n) is 2.57. The van der Waals surface area contributed by atoms with E-state index in [2.05, 4.69) is 19.1 Å². The van der Waals surface area contributed by atoms with Gasteiger partial charge in [-0.1, -0.05) is 37.3 Å². The molecule has 0 aliphatic carbocycles. The van der Waals surface area contributed by atoms with E-state index in [9.17, 15) is 0 Å². The molecule has 1 aromatic carbocycles. The van der Waals surface area contributed by atoms with Crippen LogP contribution in [0.3, 0.4) is 0 Å². The number of hydrogen-bond donors (Lipinski definition) is 0. The van der Waals surface area contributed by atoms with Gasteiger partial charge in [0.05, 0.1) is 13.2 Å². The molecule has 0 atom stereocenters. The summed E-state index contributed by atoms with van der Waals surface area (Å²) in [5, 5.41) is 1.20. The number of hydrogen-bond acceptors (Lipinski definition) is 3. The van der Waals surface area contributed by atoms with Crippen molar-refractivity contribution in [2.75, 3.05) is 27.4 Å². The molecule has 1 aliphatic heterocycles. The normalized spacial score (nSPS) is 18.4. The van der Waals surface area contributed by atoms with Crippen molar-refractivity contribution in [3.63, 3.8) is 0 Å².